The SMILES string of the molecule is NS(=O)(=O)c1cc([N+](=O)[O-])ccc1NCC1(O)CCC1. The van der Waals surface area contributed by atoms with E-state index in [0.29, 0.717) is 12.8 Å². The van der Waals surface area contributed by atoms with Gasteiger partial charge in [-0.3, -0.25) is 10.1 Å². The largest absolute Gasteiger partial charge is 0.388 e. The Bertz CT molecular complexity index is 639. The number of non-ortho nitro benzene ring substituents is 1. The highest BCUT2D eigenvalue weighted by Crippen LogP contribution is 2.33. The standard InChI is InChI=1S/C11H15N3O5S/c12-20(18,19)10-6-8(14(16)17)2-3-9(10)13-7-11(15)4-1-5-11/h2-3,6,13,15H,1,4-5,7H2,(H2,12,18,19). The minimum Gasteiger partial charge on any atom is -0.388 e. The monoisotopic (exact) mass is 301 g/mol. The van der Waals surface area contributed by atoms with Gasteiger partial charge in [0.25, 0.3) is 5.69 Å². The summed E-state index contributed by atoms with van der Waals surface area (Å²) in [6.07, 6.45) is 2.19. The lowest BCUT2D eigenvalue weighted by atomic mass is 9.80. The molecule has 1 aliphatic carbocycles. The molecule has 1 fully saturated rings. The summed E-state index contributed by atoms with van der Waals surface area (Å²) in [4.78, 5) is 9.62. The second-order valence-corrected chi connectivity index (χ2v) is 6.44. The third-order valence-electron chi connectivity index (χ3n) is 3.37. The Morgan fingerprint density at radius 2 is 2.10 bits per heavy atom. The highest BCUT2D eigenvalue weighted by Gasteiger charge is 2.34. The Hall–Kier alpha value is -1.71. The molecule has 1 aromatic rings. The quantitative estimate of drug-likeness (QED) is 0.537. The molecule has 1 aliphatic rings. The molecule has 0 heterocycles. The first-order valence-electron chi connectivity index (χ1n) is 5.99. The number of nitro benzene ring substituents is 1. The van der Waals surface area contributed by atoms with E-state index in [1.807, 2.05) is 0 Å². The molecule has 0 bridgehead atoms. The number of aliphatic hydroxyl groups is 1. The Kier molecular flexibility index (Phi) is 3.67. The van der Waals surface area contributed by atoms with E-state index in [-0.39, 0.29) is 22.8 Å². The highest BCUT2D eigenvalue weighted by atomic mass is 32.2. The Labute approximate surface area is 115 Å². The summed E-state index contributed by atoms with van der Waals surface area (Å²) < 4.78 is 23.0. The van der Waals surface area contributed by atoms with Crippen LogP contribution in [0.25, 0.3) is 0 Å². The van der Waals surface area contributed by atoms with Crippen molar-refractivity contribution in [3.63, 3.8) is 0 Å². The summed E-state index contributed by atoms with van der Waals surface area (Å²) in [7, 11) is -4.09. The molecule has 110 valence electrons. The van der Waals surface area contributed by atoms with E-state index in [2.05, 4.69) is 5.32 Å². The van der Waals surface area contributed by atoms with Gasteiger partial charge >= 0.3 is 0 Å². The van der Waals surface area contributed by atoms with Crippen LogP contribution < -0.4 is 10.5 Å². The summed E-state index contributed by atoms with van der Waals surface area (Å²) in [5.41, 5.74) is -1.06. The normalized spacial score (nSPS) is 17.3. The molecule has 20 heavy (non-hydrogen) atoms. The zero-order valence-electron chi connectivity index (χ0n) is 10.6. The average molecular weight is 301 g/mol. The average Bonchev–Trinajstić information content (AvgIpc) is 2.32. The van der Waals surface area contributed by atoms with Crippen molar-refractivity contribution in [2.24, 2.45) is 5.14 Å². The Morgan fingerprint density at radius 3 is 2.55 bits per heavy atom. The second kappa shape index (κ2) is 5.00. The predicted molar refractivity (Wildman–Crippen MR) is 71.8 cm³/mol. The van der Waals surface area contributed by atoms with Gasteiger partial charge in [0, 0.05) is 18.7 Å². The van der Waals surface area contributed by atoms with E-state index in [0.717, 1.165) is 12.5 Å². The third kappa shape index (κ3) is 3.06. The van der Waals surface area contributed by atoms with Gasteiger partial charge in [-0.25, -0.2) is 13.6 Å². The van der Waals surface area contributed by atoms with Crippen molar-refractivity contribution in [2.45, 2.75) is 29.8 Å². The lowest BCUT2D eigenvalue weighted by Crippen LogP contribution is -2.43. The topological polar surface area (TPSA) is 136 Å². The first kappa shape index (κ1) is 14.7. The number of nitrogens with two attached hydrogens (primary N) is 1. The van der Waals surface area contributed by atoms with Gasteiger partial charge < -0.3 is 10.4 Å². The van der Waals surface area contributed by atoms with Crippen LogP contribution in [-0.2, 0) is 10.0 Å². The van der Waals surface area contributed by atoms with Crippen molar-refractivity contribution in [1.29, 1.82) is 0 Å². The van der Waals surface area contributed by atoms with Crippen LogP contribution >= 0.6 is 0 Å². The number of hydrogen-bond donors (Lipinski definition) is 3. The summed E-state index contributed by atoms with van der Waals surface area (Å²) in [6.45, 7) is 0.174. The van der Waals surface area contributed by atoms with Crippen molar-refractivity contribution < 1.29 is 18.4 Å². The van der Waals surface area contributed by atoms with Crippen LogP contribution in [0.1, 0.15) is 19.3 Å². The van der Waals surface area contributed by atoms with Crippen LogP contribution in [0.3, 0.4) is 0 Å². The first-order chi connectivity index (χ1) is 9.21. The molecular weight excluding hydrogens is 286 g/mol. The Balaban J connectivity index is 2.29. The van der Waals surface area contributed by atoms with Gasteiger partial charge in [0.2, 0.25) is 10.0 Å². The minimum absolute atomic E-state index is 0.151. The van der Waals surface area contributed by atoms with Crippen LogP contribution in [0.4, 0.5) is 11.4 Å². The zero-order valence-corrected chi connectivity index (χ0v) is 11.4. The van der Waals surface area contributed by atoms with Crippen molar-refractivity contribution in [1.82, 2.24) is 0 Å². The van der Waals surface area contributed by atoms with E-state index in [1.165, 1.54) is 12.1 Å². The summed E-state index contributed by atoms with van der Waals surface area (Å²) in [5.74, 6) is 0. The fraction of sp³-hybridized carbons (Fsp3) is 0.455. The number of hydrogen-bond acceptors (Lipinski definition) is 6. The van der Waals surface area contributed by atoms with Crippen molar-refractivity contribution in [2.75, 3.05) is 11.9 Å². The van der Waals surface area contributed by atoms with Crippen LogP contribution in [0.5, 0.6) is 0 Å². The number of anilines is 1. The van der Waals surface area contributed by atoms with Gasteiger partial charge in [-0.15, -0.1) is 0 Å². The van der Waals surface area contributed by atoms with Crippen LogP contribution in [0.15, 0.2) is 23.1 Å². The van der Waals surface area contributed by atoms with E-state index in [4.69, 9.17) is 5.14 Å². The fourth-order valence-electron chi connectivity index (χ4n) is 2.03. The summed E-state index contributed by atoms with van der Waals surface area (Å²) >= 11 is 0. The van der Waals surface area contributed by atoms with Gasteiger partial charge in [0.15, 0.2) is 0 Å². The van der Waals surface area contributed by atoms with Gasteiger partial charge in [-0.05, 0) is 25.3 Å². The maximum atomic E-state index is 11.5. The summed E-state index contributed by atoms with van der Waals surface area (Å²) in [5, 5.41) is 28.5. The molecular formula is C11H15N3O5S. The molecule has 0 unspecified atom stereocenters. The number of sulfonamides is 1. The lowest BCUT2D eigenvalue weighted by molar-refractivity contribution is -0.385. The maximum Gasteiger partial charge on any atom is 0.270 e. The van der Waals surface area contributed by atoms with Gasteiger partial charge in [0.1, 0.15) is 4.90 Å². The van der Waals surface area contributed by atoms with Crippen LogP contribution in [0.2, 0.25) is 0 Å². The number of primary sulfonamides is 1. The maximum absolute atomic E-state index is 11.5. The predicted octanol–water partition coefficient (Wildman–Crippen LogP) is 0.569. The Morgan fingerprint density at radius 1 is 1.45 bits per heavy atom. The zero-order chi connectivity index (χ0) is 15.0. The van der Waals surface area contributed by atoms with Gasteiger partial charge in [-0.2, -0.15) is 0 Å². The smallest absolute Gasteiger partial charge is 0.270 e. The molecule has 0 atom stereocenters. The number of rotatable bonds is 5. The number of nitro groups is 1. The van der Waals surface area contributed by atoms with Crippen LogP contribution in [0, 0.1) is 10.1 Å². The molecule has 2 rings (SSSR count). The van der Waals surface area contributed by atoms with E-state index in [1.54, 1.807) is 0 Å². The molecule has 4 N–H and O–H groups in total. The van der Waals surface area contributed by atoms with Gasteiger partial charge in [0.05, 0.1) is 16.2 Å². The molecule has 0 aliphatic heterocycles. The number of nitrogens with zero attached hydrogens (tertiary/aromatic N) is 1. The van der Waals surface area contributed by atoms with E-state index >= 15 is 0 Å². The molecule has 1 saturated carbocycles. The van der Waals surface area contributed by atoms with E-state index in [9.17, 15) is 23.6 Å². The highest BCUT2D eigenvalue weighted by molar-refractivity contribution is 7.89. The van der Waals surface area contributed by atoms with Gasteiger partial charge in [-0.1, -0.05) is 0 Å². The van der Waals surface area contributed by atoms with E-state index < -0.39 is 20.5 Å². The van der Waals surface area contributed by atoms with Crippen molar-refractivity contribution in [3.05, 3.63) is 28.3 Å². The first-order valence-corrected chi connectivity index (χ1v) is 7.53. The molecule has 0 amide bonds. The molecule has 9 heteroatoms. The molecule has 0 aromatic heterocycles. The molecule has 0 spiro atoms. The fourth-order valence-corrected chi connectivity index (χ4v) is 2.76. The minimum atomic E-state index is -4.09. The second-order valence-electron chi connectivity index (χ2n) is 4.91. The molecule has 0 radical (unpaired) electrons. The third-order valence-corrected chi connectivity index (χ3v) is 4.33. The number of benzene rings is 1. The molecule has 0 saturated heterocycles. The molecule has 1 aromatic carbocycles. The van der Waals surface area contributed by atoms with Crippen molar-refractivity contribution >= 4 is 21.4 Å². The van der Waals surface area contributed by atoms with Crippen LogP contribution in [-0.4, -0.2) is 30.6 Å². The lowest BCUT2D eigenvalue weighted by Gasteiger charge is -2.37. The van der Waals surface area contributed by atoms with Crippen molar-refractivity contribution in [3.8, 4) is 0 Å². The molecule has 8 nitrogen and oxygen atoms in total. The summed E-state index contributed by atoms with van der Waals surface area (Å²) in [6, 6.07) is 3.37. The number of nitrogens with one attached hydrogen (secondary N) is 1.